The van der Waals surface area contributed by atoms with Crippen LogP contribution in [-0.2, 0) is 0 Å². The van der Waals surface area contributed by atoms with E-state index >= 15 is 0 Å². The van der Waals surface area contributed by atoms with Crippen LogP contribution in [-0.4, -0.2) is 12.3 Å². The van der Waals surface area contributed by atoms with Crippen molar-refractivity contribution in [1.29, 1.82) is 0 Å². The first-order valence-corrected chi connectivity index (χ1v) is 5.42. The Balaban J connectivity index is 2.41. The fraction of sp³-hybridized carbons (Fsp3) is 0.200. The van der Waals surface area contributed by atoms with Gasteiger partial charge < -0.3 is 5.73 Å². The van der Waals surface area contributed by atoms with E-state index in [1.807, 2.05) is 30.3 Å². The quantitative estimate of drug-likeness (QED) is 0.615. The average Bonchev–Trinajstić information content (AvgIpc) is 2.13. The molecular formula is C10H12ClNS. The molecule has 0 atom stereocenters. The van der Waals surface area contributed by atoms with E-state index in [1.54, 1.807) is 11.8 Å². The minimum absolute atomic E-state index is 0.607. The maximum absolute atomic E-state index is 5.83. The fourth-order valence-corrected chi connectivity index (χ4v) is 1.93. The lowest BCUT2D eigenvalue weighted by Gasteiger charge is -1.97. The predicted molar refractivity (Wildman–Crippen MR) is 60.4 cm³/mol. The SMILES string of the molecule is NCC=CCSc1cccc(Cl)c1. The van der Waals surface area contributed by atoms with Crippen molar-refractivity contribution in [1.82, 2.24) is 0 Å². The lowest BCUT2D eigenvalue weighted by molar-refractivity contribution is 1.25. The molecule has 2 N–H and O–H groups in total. The first-order chi connectivity index (χ1) is 6.33. The molecule has 0 spiro atoms. The van der Waals surface area contributed by atoms with Gasteiger partial charge >= 0.3 is 0 Å². The minimum Gasteiger partial charge on any atom is -0.327 e. The molecule has 1 aromatic rings. The molecule has 13 heavy (non-hydrogen) atoms. The summed E-state index contributed by atoms with van der Waals surface area (Å²) >= 11 is 7.58. The summed E-state index contributed by atoms with van der Waals surface area (Å²) in [5.41, 5.74) is 5.31. The number of hydrogen-bond acceptors (Lipinski definition) is 2. The summed E-state index contributed by atoms with van der Waals surface area (Å²) in [6.45, 7) is 0.607. The lowest BCUT2D eigenvalue weighted by Crippen LogP contribution is -1.92. The third-order valence-electron chi connectivity index (χ3n) is 1.45. The molecule has 0 aliphatic heterocycles. The number of halogens is 1. The van der Waals surface area contributed by atoms with Gasteiger partial charge in [0.05, 0.1) is 0 Å². The van der Waals surface area contributed by atoms with Crippen LogP contribution in [0.5, 0.6) is 0 Å². The molecule has 0 amide bonds. The van der Waals surface area contributed by atoms with E-state index in [2.05, 4.69) is 6.08 Å². The second-order valence-corrected chi connectivity index (χ2v) is 4.01. The predicted octanol–water partition coefficient (Wildman–Crippen LogP) is 2.95. The van der Waals surface area contributed by atoms with Crippen LogP contribution in [0.3, 0.4) is 0 Å². The fourth-order valence-electron chi connectivity index (χ4n) is 0.865. The molecule has 0 aromatic heterocycles. The highest BCUT2D eigenvalue weighted by Gasteiger charge is 1.92. The normalized spacial score (nSPS) is 10.9. The van der Waals surface area contributed by atoms with E-state index in [-0.39, 0.29) is 0 Å². The molecule has 0 radical (unpaired) electrons. The van der Waals surface area contributed by atoms with Crippen LogP contribution in [0.25, 0.3) is 0 Å². The molecule has 0 saturated heterocycles. The number of thioether (sulfide) groups is 1. The van der Waals surface area contributed by atoms with E-state index in [0.717, 1.165) is 10.8 Å². The molecule has 0 unspecified atom stereocenters. The summed E-state index contributed by atoms with van der Waals surface area (Å²) in [5.74, 6) is 0.942. The molecule has 0 fully saturated rings. The van der Waals surface area contributed by atoms with E-state index in [0.29, 0.717) is 6.54 Å². The minimum atomic E-state index is 0.607. The number of benzene rings is 1. The Hall–Kier alpha value is -0.440. The zero-order chi connectivity index (χ0) is 9.52. The second kappa shape index (κ2) is 6.08. The van der Waals surface area contributed by atoms with Gasteiger partial charge in [0.25, 0.3) is 0 Å². The summed E-state index contributed by atoms with van der Waals surface area (Å²) in [6.07, 6.45) is 4.02. The molecular weight excluding hydrogens is 202 g/mol. The summed E-state index contributed by atoms with van der Waals surface area (Å²) in [5, 5.41) is 0.785. The summed E-state index contributed by atoms with van der Waals surface area (Å²) in [6, 6.07) is 7.84. The molecule has 1 nitrogen and oxygen atoms in total. The molecule has 70 valence electrons. The van der Waals surface area contributed by atoms with Crippen LogP contribution in [0.1, 0.15) is 0 Å². The van der Waals surface area contributed by atoms with E-state index in [9.17, 15) is 0 Å². The van der Waals surface area contributed by atoms with Crippen LogP contribution in [0, 0.1) is 0 Å². The molecule has 0 aliphatic carbocycles. The molecule has 0 heterocycles. The topological polar surface area (TPSA) is 26.0 Å². The van der Waals surface area contributed by atoms with Gasteiger partial charge in [0, 0.05) is 22.2 Å². The van der Waals surface area contributed by atoms with Crippen molar-refractivity contribution in [3.8, 4) is 0 Å². The van der Waals surface area contributed by atoms with Crippen molar-refractivity contribution in [2.45, 2.75) is 4.90 Å². The molecule has 0 bridgehead atoms. The van der Waals surface area contributed by atoms with Gasteiger partial charge in [0.1, 0.15) is 0 Å². The van der Waals surface area contributed by atoms with Gasteiger partial charge in [0.2, 0.25) is 0 Å². The van der Waals surface area contributed by atoms with Crippen molar-refractivity contribution in [3.63, 3.8) is 0 Å². The molecule has 0 aliphatic rings. The standard InChI is InChI=1S/C10H12ClNS/c11-9-4-3-5-10(8-9)13-7-2-1-6-12/h1-5,8H,6-7,12H2. The zero-order valence-corrected chi connectivity index (χ0v) is 8.81. The molecule has 1 rings (SSSR count). The van der Waals surface area contributed by atoms with Crippen LogP contribution in [0.2, 0.25) is 5.02 Å². The Labute approximate surface area is 88.0 Å². The monoisotopic (exact) mass is 213 g/mol. The summed E-state index contributed by atoms with van der Waals surface area (Å²) in [4.78, 5) is 1.19. The number of hydrogen-bond donors (Lipinski definition) is 1. The first kappa shape index (κ1) is 10.6. The average molecular weight is 214 g/mol. The van der Waals surface area contributed by atoms with Crippen molar-refractivity contribution in [3.05, 3.63) is 41.4 Å². The molecule has 1 aromatic carbocycles. The highest BCUT2D eigenvalue weighted by molar-refractivity contribution is 7.99. The highest BCUT2D eigenvalue weighted by atomic mass is 35.5. The van der Waals surface area contributed by atoms with Gasteiger partial charge in [-0.25, -0.2) is 0 Å². The smallest absolute Gasteiger partial charge is 0.0417 e. The van der Waals surface area contributed by atoms with Crippen LogP contribution < -0.4 is 5.73 Å². The van der Waals surface area contributed by atoms with Crippen molar-refractivity contribution in [2.75, 3.05) is 12.3 Å². The Morgan fingerprint density at radius 3 is 2.92 bits per heavy atom. The van der Waals surface area contributed by atoms with Crippen LogP contribution in [0.15, 0.2) is 41.3 Å². The van der Waals surface area contributed by atoms with Gasteiger partial charge in [-0.2, -0.15) is 0 Å². The maximum Gasteiger partial charge on any atom is 0.0417 e. The number of rotatable bonds is 4. The van der Waals surface area contributed by atoms with Gasteiger partial charge in [0.15, 0.2) is 0 Å². The van der Waals surface area contributed by atoms with Crippen molar-refractivity contribution >= 4 is 23.4 Å². The summed E-state index contributed by atoms with van der Waals surface area (Å²) < 4.78 is 0. The van der Waals surface area contributed by atoms with Crippen molar-refractivity contribution in [2.24, 2.45) is 5.73 Å². The largest absolute Gasteiger partial charge is 0.327 e. The first-order valence-electron chi connectivity index (χ1n) is 4.06. The zero-order valence-electron chi connectivity index (χ0n) is 7.24. The van der Waals surface area contributed by atoms with Gasteiger partial charge in [-0.15, -0.1) is 11.8 Å². The molecule has 3 heteroatoms. The van der Waals surface area contributed by atoms with E-state index < -0.39 is 0 Å². The summed E-state index contributed by atoms with van der Waals surface area (Å²) in [7, 11) is 0. The Bertz CT molecular complexity index is 286. The Kier molecular flexibility index (Phi) is 4.98. The third-order valence-corrected chi connectivity index (χ3v) is 2.63. The second-order valence-electron chi connectivity index (χ2n) is 2.48. The maximum atomic E-state index is 5.83. The van der Waals surface area contributed by atoms with Crippen LogP contribution in [0.4, 0.5) is 0 Å². The third kappa shape index (κ3) is 4.36. The Morgan fingerprint density at radius 1 is 1.38 bits per heavy atom. The van der Waals surface area contributed by atoms with Crippen LogP contribution >= 0.6 is 23.4 Å². The Morgan fingerprint density at radius 2 is 2.23 bits per heavy atom. The molecule has 0 saturated carbocycles. The van der Waals surface area contributed by atoms with Gasteiger partial charge in [-0.1, -0.05) is 29.8 Å². The lowest BCUT2D eigenvalue weighted by atomic mass is 10.4. The van der Waals surface area contributed by atoms with Gasteiger partial charge in [-0.05, 0) is 18.2 Å². The number of nitrogens with two attached hydrogens (primary N) is 1. The van der Waals surface area contributed by atoms with E-state index in [1.165, 1.54) is 4.90 Å². The van der Waals surface area contributed by atoms with Crippen molar-refractivity contribution < 1.29 is 0 Å². The highest BCUT2D eigenvalue weighted by Crippen LogP contribution is 2.21. The van der Waals surface area contributed by atoms with Gasteiger partial charge in [-0.3, -0.25) is 0 Å². The van der Waals surface area contributed by atoms with E-state index in [4.69, 9.17) is 17.3 Å².